The van der Waals surface area contributed by atoms with Gasteiger partial charge in [0.1, 0.15) is 11.4 Å². The highest BCUT2D eigenvalue weighted by Crippen LogP contribution is 2.15. The number of fused-ring (bicyclic) bond motifs is 1. The zero-order valence-corrected chi connectivity index (χ0v) is 7.78. The minimum absolute atomic E-state index is 0.190. The van der Waals surface area contributed by atoms with E-state index in [4.69, 9.17) is 5.11 Å². The van der Waals surface area contributed by atoms with Crippen molar-refractivity contribution in [1.82, 2.24) is 14.3 Å². The largest absolute Gasteiger partial charge is 0.480 e. The fourth-order valence-electron chi connectivity index (χ4n) is 0.910. The van der Waals surface area contributed by atoms with Crippen molar-refractivity contribution in [3.63, 3.8) is 0 Å². The first-order valence-corrected chi connectivity index (χ1v) is 4.56. The van der Waals surface area contributed by atoms with Crippen LogP contribution in [0.25, 0.3) is 10.2 Å². The van der Waals surface area contributed by atoms with Crippen molar-refractivity contribution in [2.24, 2.45) is 0 Å². The van der Waals surface area contributed by atoms with Gasteiger partial charge in [-0.05, 0) is 11.5 Å². The van der Waals surface area contributed by atoms with Crippen molar-refractivity contribution in [1.29, 1.82) is 0 Å². The van der Waals surface area contributed by atoms with Crippen LogP contribution in [0.3, 0.4) is 0 Å². The number of aliphatic carboxylic acids is 1. The molecule has 6 nitrogen and oxygen atoms in total. The van der Waals surface area contributed by atoms with E-state index in [1.165, 1.54) is 11.5 Å². The van der Waals surface area contributed by atoms with E-state index in [2.05, 4.69) is 19.7 Å². The summed E-state index contributed by atoms with van der Waals surface area (Å²) in [4.78, 5) is 19.0. The first-order chi connectivity index (χ1) is 6.75. The molecule has 0 aliphatic carbocycles. The SMILES string of the molecule is O=C(O)CNc1ncc2cnsc2n1. The van der Waals surface area contributed by atoms with E-state index in [1.807, 2.05) is 0 Å². The van der Waals surface area contributed by atoms with Gasteiger partial charge in [-0.25, -0.2) is 9.97 Å². The molecule has 72 valence electrons. The smallest absolute Gasteiger partial charge is 0.322 e. The molecule has 0 unspecified atom stereocenters. The van der Waals surface area contributed by atoms with Gasteiger partial charge >= 0.3 is 5.97 Å². The summed E-state index contributed by atoms with van der Waals surface area (Å²) in [5.41, 5.74) is 0. The first kappa shape index (κ1) is 8.82. The number of carboxylic acids is 1. The van der Waals surface area contributed by atoms with Gasteiger partial charge < -0.3 is 10.4 Å². The molecule has 0 saturated heterocycles. The minimum Gasteiger partial charge on any atom is -0.480 e. The highest BCUT2D eigenvalue weighted by Gasteiger charge is 2.02. The molecule has 14 heavy (non-hydrogen) atoms. The van der Waals surface area contributed by atoms with E-state index < -0.39 is 5.97 Å². The molecule has 0 aromatic carbocycles. The van der Waals surface area contributed by atoms with Crippen LogP contribution in [0.2, 0.25) is 0 Å². The van der Waals surface area contributed by atoms with Crippen LogP contribution in [0.4, 0.5) is 5.95 Å². The van der Waals surface area contributed by atoms with Crippen LogP contribution < -0.4 is 5.32 Å². The van der Waals surface area contributed by atoms with E-state index in [9.17, 15) is 4.79 Å². The summed E-state index contributed by atoms with van der Waals surface area (Å²) in [7, 11) is 0. The molecule has 2 rings (SSSR count). The van der Waals surface area contributed by atoms with Gasteiger partial charge in [0.05, 0.1) is 6.20 Å². The van der Waals surface area contributed by atoms with Crippen molar-refractivity contribution in [2.75, 3.05) is 11.9 Å². The molecular formula is C7H6N4O2S. The highest BCUT2D eigenvalue weighted by atomic mass is 32.1. The van der Waals surface area contributed by atoms with Crippen molar-refractivity contribution >= 4 is 33.7 Å². The maximum absolute atomic E-state index is 10.3. The topological polar surface area (TPSA) is 88.0 Å². The van der Waals surface area contributed by atoms with Gasteiger partial charge in [-0.2, -0.15) is 4.37 Å². The predicted molar refractivity (Wildman–Crippen MR) is 51.3 cm³/mol. The zero-order chi connectivity index (χ0) is 9.97. The molecular weight excluding hydrogens is 204 g/mol. The van der Waals surface area contributed by atoms with Crippen LogP contribution in [-0.2, 0) is 4.79 Å². The lowest BCUT2D eigenvalue weighted by atomic mass is 10.5. The Labute approximate surface area is 82.8 Å². The average molecular weight is 210 g/mol. The van der Waals surface area contributed by atoms with Gasteiger partial charge in [0.15, 0.2) is 0 Å². The highest BCUT2D eigenvalue weighted by molar-refractivity contribution is 7.12. The second-order valence-corrected chi connectivity index (χ2v) is 3.31. The van der Waals surface area contributed by atoms with Crippen LogP contribution in [0, 0.1) is 0 Å². The minimum atomic E-state index is -0.946. The van der Waals surface area contributed by atoms with E-state index in [-0.39, 0.29) is 6.54 Å². The van der Waals surface area contributed by atoms with Gasteiger partial charge in [-0.15, -0.1) is 0 Å². The number of carboxylic acid groups (broad SMARTS) is 1. The Balaban J connectivity index is 2.21. The average Bonchev–Trinajstić information content (AvgIpc) is 2.61. The van der Waals surface area contributed by atoms with Crippen molar-refractivity contribution in [3.8, 4) is 0 Å². The van der Waals surface area contributed by atoms with E-state index in [1.54, 1.807) is 12.4 Å². The maximum Gasteiger partial charge on any atom is 0.322 e. The molecule has 2 aromatic heterocycles. The fourth-order valence-corrected chi connectivity index (χ4v) is 1.51. The Bertz CT molecular complexity index is 469. The Hall–Kier alpha value is -1.76. The third-order valence-electron chi connectivity index (χ3n) is 1.51. The molecule has 0 saturated carbocycles. The number of hydrogen-bond donors (Lipinski definition) is 2. The summed E-state index contributed by atoms with van der Waals surface area (Å²) in [5.74, 6) is -0.637. The molecule has 7 heteroatoms. The molecule has 0 amide bonds. The third kappa shape index (κ3) is 1.77. The molecule has 2 heterocycles. The van der Waals surface area contributed by atoms with Crippen LogP contribution >= 0.6 is 11.5 Å². The van der Waals surface area contributed by atoms with Gasteiger partial charge in [0.2, 0.25) is 5.95 Å². The molecule has 2 N–H and O–H groups in total. The lowest BCUT2D eigenvalue weighted by Crippen LogP contribution is -2.13. The van der Waals surface area contributed by atoms with Gasteiger partial charge in [0, 0.05) is 11.6 Å². The van der Waals surface area contributed by atoms with Crippen molar-refractivity contribution < 1.29 is 9.90 Å². The summed E-state index contributed by atoms with van der Waals surface area (Å²) in [6, 6.07) is 0. The molecule has 0 radical (unpaired) electrons. The standard InChI is InChI=1S/C7H6N4O2S/c12-5(13)3-9-7-8-1-4-2-10-14-6(4)11-7/h1-2H,3H2,(H,12,13)(H,8,9,11). The monoisotopic (exact) mass is 210 g/mol. The second-order valence-electron chi connectivity index (χ2n) is 2.53. The summed E-state index contributed by atoms with van der Waals surface area (Å²) in [6.07, 6.45) is 3.27. The van der Waals surface area contributed by atoms with E-state index >= 15 is 0 Å². The lowest BCUT2D eigenvalue weighted by Gasteiger charge is -1.99. The van der Waals surface area contributed by atoms with E-state index in [0.29, 0.717) is 5.95 Å². The Morgan fingerprint density at radius 3 is 3.21 bits per heavy atom. The Kier molecular flexibility index (Phi) is 2.23. The van der Waals surface area contributed by atoms with Gasteiger partial charge in [0.25, 0.3) is 0 Å². The number of rotatable bonds is 3. The second kappa shape index (κ2) is 3.54. The van der Waals surface area contributed by atoms with Crippen LogP contribution in [0.15, 0.2) is 12.4 Å². The van der Waals surface area contributed by atoms with Crippen LogP contribution in [0.1, 0.15) is 0 Å². The number of carbonyl (C=O) groups is 1. The van der Waals surface area contributed by atoms with Crippen LogP contribution in [-0.4, -0.2) is 32.0 Å². The summed E-state index contributed by atoms with van der Waals surface area (Å²) >= 11 is 1.25. The summed E-state index contributed by atoms with van der Waals surface area (Å²) in [6.45, 7) is -0.190. The molecule has 0 bridgehead atoms. The molecule has 0 aliphatic rings. The summed E-state index contributed by atoms with van der Waals surface area (Å²) in [5, 5.41) is 11.9. The maximum atomic E-state index is 10.3. The zero-order valence-electron chi connectivity index (χ0n) is 6.97. The number of nitrogens with one attached hydrogen (secondary N) is 1. The predicted octanol–water partition coefficient (Wildman–Crippen LogP) is 0.583. The number of nitrogens with zero attached hydrogens (tertiary/aromatic N) is 3. The first-order valence-electron chi connectivity index (χ1n) is 3.79. The molecule has 0 spiro atoms. The molecule has 0 atom stereocenters. The molecule has 0 fully saturated rings. The van der Waals surface area contributed by atoms with Crippen molar-refractivity contribution in [3.05, 3.63) is 12.4 Å². The number of aromatic nitrogens is 3. The quantitative estimate of drug-likeness (QED) is 0.770. The fraction of sp³-hybridized carbons (Fsp3) is 0.143. The third-order valence-corrected chi connectivity index (χ3v) is 2.22. The molecule has 0 aliphatic heterocycles. The Morgan fingerprint density at radius 1 is 1.57 bits per heavy atom. The summed E-state index contributed by atoms with van der Waals surface area (Å²) < 4.78 is 3.93. The van der Waals surface area contributed by atoms with Crippen molar-refractivity contribution in [2.45, 2.75) is 0 Å². The lowest BCUT2D eigenvalue weighted by molar-refractivity contribution is -0.134. The Morgan fingerprint density at radius 2 is 2.43 bits per heavy atom. The van der Waals surface area contributed by atoms with E-state index in [0.717, 1.165) is 10.2 Å². The number of hydrogen-bond acceptors (Lipinski definition) is 6. The van der Waals surface area contributed by atoms with Gasteiger partial charge in [-0.1, -0.05) is 0 Å². The molecule has 2 aromatic rings. The number of anilines is 1. The normalized spacial score (nSPS) is 10.3. The van der Waals surface area contributed by atoms with Crippen LogP contribution in [0.5, 0.6) is 0 Å². The van der Waals surface area contributed by atoms with Gasteiger partial charge in [-0.3, -0.25) is 4.79 Å².